The van der Waals surface area contributed by atoms with Crippen molar-refractivity contribution in [1.82, 2.24) is 0 Å². The van der Waals surface area contributed by atoms with Gasteiger partial charge in [0, 0.05) is 17.3 Å². The van der Waals surface area contributed by atoms with Crippen LogP contribution < -0.4 is 0 Å². The molecular formula is C18H24O3. The van der Waals surface area contributed by atoms with Crippen LogP contribution in [0.5, 0.6) is 5.75 Å². The second-order valence-corrected chi connectivity index (χ2v) is 7.84. The van der Waals surface area contributed by atoms with Crippen molar-refractivity contribution in [3.8, 4) is 5.75 Å². The molecule has 0 unspecified atom stereocenters. The van der Waals surface area contributed by atoms with Crippen molar-refractivity contribution in [2.75, 3.05) is 6.61 Å². The Labute approximate surface area is 125 Å². The van der Waals surface area contributed by atoms with Gasteiger partial charge in [-0.1, -0.05) is 19.9 Å². The fourth-order valence-corrected chi connectivity index (χ4v) is 5.29. The molecule has 2 heterocycles. The number of benzene rings is 1. The van der Waals surface area contributed by atoms with E-state index in [1.807, 2.05) is 13.0 Å². The Balaban J connectivity index is 1.92. The maximum Gasteiger partial charge on any atom is 0.170 e. The largest absolute Gasteiger partial charge is 0.508 e. The summed E-state index contributed by atoms with van der Waals surface area (Å²) in [6, 6.07) is 4.10. The molecule has 2 bridgehead atoms. The zero-order chi connectivity index (χ0) is 15.0. The fraction of sp³-hybridized carbons (Fsp3) is 0.667. The van der Waals surface area contributed by atoms with E-state index in [-0.39, 0.29) is 10.8 Å². The van der Waals surface area contributed by atoms with E-state index in [4.69, 9.17) is 4.74 Å². The molecule has 0 amide bonds. The fourth-order valence-electron chi connectivity index (χ4n) is 5.29. The highest BCUT2D eigenvalue weighted by Gasteiger charge is 2.66. The highest BCUT2D eigenvalue weighted by molar-refractivity contribution is 5.48. The van der Waals surface area contributed by atoms with Crippen LogP contribution >= 0.6 is 0 Å². The van der Waals surface area contributed by atoms with Gasteiger partial charge in [0.25, 0.3) is 0 Å². The minimum atomic E-state index is -0.982. The van der Waals surface area contributed by atoms with Gasteiger partial charge in [-0.3, -0.25) is 0 Å². The molecule has 21 heavy (non-hydrogen) atoms. The third-order valence-corrected chi connectivity index (χ3v) is 6.68. The second kappa shape index (κ2) is 3.82. The Kier molecular flexibility index (Phi) is 2.47. The molecule has 0 radical (unpaired) electrons. The van der Waals surface area contributed by atoms with Crippen LogP contribution in [0.25, 0.3) is 0 Å². The van der Waals surface area contributed by atoms with Crippen LogP contribution in [0.4, 0.5) is 0 Å². The first kappa shape index (κ1) is 13.6. The Morgan fingerprint density at radius 2 is 2.00 bits per heavy atom. The highest BCUT2D eigenvalue weighted by atomic mass is 16.6. The third-order valence-electron chi connectivity index (χ3n) is 6.68. The van der Waals surface area contributed by atoms with E-state index in [0.717, 1.165) is 24.8 Å². The van der Waals surface area contributed by atoms with Gasteiger partial charge in [0.1, 0.15) is 5.75 Å². The second-order valence-electron chi connectivity index (χ2n) is 7.84. The van der Waals surface area contributed by atoms with Gasteiger partial charge >= 0.3 is 0 Å². The molecule has 2 aliphatic heterocycles. The molecule has 1 aromatic rings. The number of hydrogen-bond donors (Lipinski definition) is 2. The maximum absolute atomic E-state index is 10.9. The topological polar surface area (TPSA) is 49.7 Å². The highest BCUT2D eigenvalue weighted by Crippen LogP contribution is 2.64. The Morgan fingerprint density at radius 1 is 1.24 bits per heavy atom. The Bertz CT molecular complexity index is 609. The molecule has 1 aromatic carbocycles. The summed E-state index contributed by atoms with van der Waals surface area (Å²) < 4.78 is 5.94. The molecular weight excluding hydrogens is 264 g/mol. The SMILES string of the molecule is Cc1cc2c(cc1O)[C@]13CC[C@](O)(OC1)C(C)(C)[C@H]3CC2. The molecule has 2 saturated heterocycles. The quantitative estimate of drug-likeness (QED) is 0.771. The molecule has 4 aliphatic rings. The number of aliphatic hydroxyl groups is 1. The lowest BCUT2D eigenvalue weighted by atomic mass is 9.46. The van der Waals surface area contributed by atoms with Crippen molar-refractivity contribution in [3.05, 3.63) is 28.8 Å². The predicted molar refractivity (Wildman–Crippen MR) is 80.2 cm³/mol. The predicted octanol–water partition coefficient (Wildman–Crippen LogP) is 3.04. The van der Waals surface area contributed by atoms with Crippen LogP contribution in [-0.4, -0.2) is 22.6 Å². The number of aryl methyl sites for hydroxylation is 2. The number of rotatable bonds is 0. The summed E-state index contributed by atoms with van der Waals surface area (Å²) >= 11 is 0. The van der Waals surface area contributed by atoms with Gasteiger partial charge in [-0.25, -0.2) is 0 Å². The van der Waals surface area contributed by atoms with E-state index >= 15 is 0 Å². The van der Waals surface area contributed by atoms with Crippen molar-refractivity contribution in [1.29, 1.82) is 0 Å². The molecule has 3 nitrogen and oxygen atoms in total. The number of phenolic OH excluding ortho intramolecular Hbond substituents is 1. The number of hydrogen-bond acceptors (Lipinski definition) is 3. The average Bonchev–Trinajstić information content (AvgIpc) is 2.43. The number of ether oxygens (including phenoxy) is 1. The first-order valence-electron chi connectivity index (χ1n) is 7.99. The van der Waals surface area contributed by atoms with E-state index in [9.17, 15) is 10.2 Å². The summed E-state index contributed by atoms with van der Waals surface area (Å²) in [5.74, 6) is -0.191. The van der Waals surface area contributed by atoms with Crippen molar-refractivity contribution in [2.45, 2.75) is 57.7 Å². The molecule has 5 rings (SSSR count). The van der Waals surface area contributed by atoms with Gasteiger partial charge in [0.2, 0.25) is 0 Å². The molecule has 2 N–H and O–H groups in total. The van der Waals surface area contributed by atoms with Gasteiger partial charge in [-0.05, 0) is 54.9 Å². The monoisotopic (exact) mass is 288 g/mol. The van der Waals surface area contributed by atoms with E-state index in [0.29, 0.717) is 24.7 Å². The Hall–Kier alpha value is -1.06. The first-order chi connectivity index (χ1) is 9.80. The average molecular weight is 288 g/mol. The van der Waals surface area contributed by atoms with E-state index in [1.54, 1.807) is 0 Å². The van der Waals surface area contributed by atoms with Crippen molar-refractivity contribution in [2.24, 2.45) is 11.3 Å². The summed E-state index contributed by atoms with van der Waals surface area (Å²) in [5.41, 5.74) is 3.28. The number of phenols is 1. The molecule has 1 saturated carbocycles. The van der Waals surface area contributed by atoms with Crippen molar-refractivity contribution >= 4 is 0 Å². The van der Waals surface area contributed by atoms with Crippen LogP contribution in [0.15, 0.2) is 12.1 Å². The standard InChI is InChI=1S/C18H24O3/c1-11-8-12-4-5-15-16(2,3)18(20)7-6-17(15,10-21-18)13(12)9-14(11)19/h8-9,15,19-20H,4-7,10H2,1-3H3/t15-,17+,18+/m1/s1. The molecule has 3 fully saturated rings. The van der Waals surface area contributed by atoms with Gasteiger partial charge in [0.15, 0.2) is 5.79 Å². The molecule has 3 heteroatoms. The lowest BCUT2D eigenvalue weighted by Gasteiger charge is -2.65. The molecule has 114 valence electrons. The summed E-state index contributed by atoms with van der Waals surface area (Å²) in [4.78, 5) is 0. The Morgan fingerprint density at radius 3 is 2.67 bits per heavy atom. The number of aromatic hydroxyl groups is 1. The van der Waals surface area contributed by atoms with Gasteiger partial charge < -0.3 is 14.9 Å². The first-order valence-corrected chi connectivity index (χ1v) is 7.99. The van der Waals surface area contributed by atoms with Crippen LogP contribution in [0, 0.1) is 18.3 Å². The van der Waals surface area contributed by atoms with Crippen LogP contribution in [0.1, 0.15) is 49.8 Å². The van der Waals surface area contributed by atoms with Crippen molar-refractivity contribution < 1.29 is 14.9 Å². The molecule has 1 spiro atoms. The lowest BCUT2D eigenvalue weighted by Crippen LogP contribution is -2.69. The van der Waals surface area contributed by atoms with Crippen LogP contribution in [0.3, 0.4) is 0 Å². The summed E-state index contributed by atoms with van der Waals surface area (Å²) in [5, 5.41) is 21.0. The summed E-state index contributed by atoms with van der Waals surface area (Å²) in [6.45, 7) is 6.82. The molecule has 3 atom stereocenters. The van der Waals surface area contributed by atoms with Crippen LogP contribution in [0.2, 0.25) is 0 Å². The zero-order valence-electron chi connectivity index (χ0n) is 13.1. The minimum Gasteiger partial charge on any atom is -0.508 e. The molecule has 0 aromatic heterocycles. The van der Waals surface area contributed by atoms with Gasteiger partial charge in [-0.2, -0.15) is 0 Å². The third kappa shape index (κ3) is 1.46. The van der Waals surface area contributed by atoms with Crippen molar-refractivity contribution in [3.63, 3.8) is 0 Å². The van der Waals surface area contributed by atoms with Crippen LogP contribution in [-0.2, 0) is 16.6 Å². The van der Waals surface area contributed by atoms with E-state index in [1.165, 1.54) is 11.1 Å². The van der Waals surface area contributed by atoms with E-state index < -0.39 is 5.79 Å². The smallest absolute Gasteiger partial charge is 0.170 e. The molecule has 2 aliphatic carbocycles. The maximum atomic E-state index is 10.9. The minimum absolute atomic E-state index is 0.0350. The lowest BCUT2D eigenvalue weighted by molar-refractivity contribution is -0.356. The van der Waals surface area contributed by atoms with E-state index in [2.05, 4.69) is 19.9 Å². The summed E-state index contributed by atoms with van der Waals surface area (Å²) in [7, 11) is 0. The summed E-state index contributed by atoms with van der Waals surface area (Å²) in [6.07, 6.45) is 3.76. The normalized spacial score (nSPS) is 39.7. The van der Waals surface area contributed by atoms with Gasteiger partial charge in [0.05, 0.1) is 6.61 Å². The zero-order valence-corrected chi connectivity index (χ0v) is 13.1. The number of fused-ring (bicyclic) bond motifs is 3. The van der Waals surface area contributed by atoms with Gasteiger partial charge in [-0.15, -0.1) is 0 Å².